The molecule has 0 amide bonds. The molecule has 0 atom stereocenters. The number of pyridine rings is 6. The normalized spacial score (nSPS) is 12.4. The van der Waals surface area contributed by atoms with E-state index in [1.54, 1.807) is 0 Å². The zero-order chi connectivity index (χ0) is 69.4. The van der Waals surface area contributed by atoms with E-state index in [-0.39, 0.29) is 0 Å². The van der Waals surface area contributed by atoms with Crippen LogP contribution in [0.3, 0.4) is 0 Å². The number of aryl methyl sites for hydroxylation is 14. The van der Waals surface area contributed by atoms with Crippen LogP contribution in [-0.4, -0.2) is 29.9 Å². The van der Waals surface area contributed by atoms with Crippen LogP contribution in [0.2, 0.25) is 0 Å². The number of hydrogen-bond donors (Lipinski definition) is 0. The van der Waals surface area contributed by atoms with Gasteiger partial charge in [0, 0.05) is 104 Å². The topological polar surface area (TPSA) is 77.3 Å². The second kappa shape index (κ2) is 26.6. The molecule has 0 saturated carbocycles. The van der Waals surface area contributed by atoms with Gasteiger partial charge in [-0.3, -0.25) is 29.9 Å². The summed E-state index contributed by atoms with van der Waals surface area (Å²) in [6.45, 7) is 43.0. The maximum Gasteiger partial charge on any atom is 0.0457 e. The van der Waals surface area contributed by atoms with Gasteiger partial charge in [-0.2, -0.15) is 0 Å². The van der Waals surface area contributed by atoms with Crippen molar-refractivity contribution in [3.63, 3.8) is 0 Å². The zero-order valence-corrected chi connectivity index (χ0v) is 61.6. The third kappa shape index (κ3) is 12.1. The Balaban J connectivity index is 0.000000106. The van der Waals surface area contributed by atoms with Crippen molar-refractivity contribution in [2.24, 2.45) is 0 Å². The summed E-state index contributed by atoms with van der Waals surface area (Å²) in [6.07, 6.45) is 14.6. The molecule has 0 bridgehead atoms. The Morgan fingerprint density at radius 2 is 0.592 bits per heavy atom. The van der Waals surface area contributed by atoms with Crippen LogP contribution in [0, 0.1) is 138 Å². The molecule has 6 heterocycles. The molecule has 492 valence electrons. The van der Waals surface area contributed by atoms with Crippen LogP contribution >= 0.6 is 0 Å². The largest absolute Gasteiger partial charge is 0.261 e. The van der Waals surface area contributed by atoms with Gasteiger partial charge in [0.15, 0.2) is 0 Å². The van der Waals surface area contributed by atoms with E-state index in [0.29, 0.717) is 0 Å². The monoisotopic (exact) mass is 1280 g/mol. The van der Waals surface area contributed by atoms with E-state index in [2.05, 4.69) is 278 Å². The molecule has 0 N–H and O–H groups in total. The average molecular weight is 1280 g/mol. The van der Waals surface area contributed by atoms with Crippen molar-refractivity contribution in [2.75, 3.05) is 0 Å². The van der Waals surface area contributed by atoms with Crippen LogP contribution in [0.4, 0.5) is 0 Å². The van der Waals surface area contributed by atoms with Crippen LogP contribution in [0.15, 0.2) is 134 Å². The third-order valence-corrected chi connectivity index (χ3v) is 22.6. The number of benzene rings is 6. The van der Waals surface area contributed by atoms with Crippen molar-refractivity contribution < 1.29 is 0 Å². The Morgan fingerprint density at radius 1 is 0.214 bits per heavy atom. The predicted molar refractivity (Wildman–Crippen MR) is 410 cm³/mol. The van der Waals surface area contributed by atoms with Crippen LogP contribution in [-0.2, 0) is 38.5 Å². The van der Waals surface area contributed by atoms with Crippen molar-refractivity contribution in [2.45, 2.75) is 177 Å². The van der Waals surface area contributed by atoms with E-state index >= 15 is 0 Å². The molecule has 12 aromatic rings. The fraction of sp³-hybridized carbons (Fsp3) is 0.283. The molecule has 6 aromatic heterocycles. The molecular weight excluding hydrogens is 1190 g/mol. The molecule has 6 aliphatic carbocycles. The number of nitrogens with zero attached hydrogens (tertiary/aromatic N) is 6. The molecule has 6 heteroatoms. The van der Waals surface area contributed by atoms with E-state index in [1.165, 1.54) is 223 Å². The molecular formula is C92H94N6. The summed E-state index contributed by atoms with van der Waals surface area (Å²) in [5.74, 6) is 0. The van der Waals surface area contributed by atoms with E-state index < -0.39 is 0 Å². The van der Waals surface area contributed by atoms with Crippen LogP contribution < -0.4 is 0 Å². The van der Waals surface area contributed by atoms with E-state index in [1.807, 2.05) is 24.8 Å². The van der Waals surface area contributed by atoms with Gasteiger partial charge in [0.05, 0.1) is 0 Å². The fourth-order valence-electron chi connectivity index (χ4n) is 16.1. The number of rotatable bonds is 0. The Bertz CT molecular complexity index is 5260. The number of fused-ring (bicyclic) bond motifs is 18. The minimum Gasteiger partial charge on any atom is -0.261 e. The third-order valence-electron chi connectivity index (χ3n) is 22.6. The van der Waals surface area contributed by atoms with Gasteiger partial charge in [-0.25, -0.2) is 0 Å². The SMILES string of the molecule is Cc1ccc2c(c1)-c1c(C)nc(C)c(C)c1C2.Cc1ccc2c(c1)-c1cnc(C)c(C)c1C2.Cc1ccc2c(c1)Cc1c-2cnc(C)c1C.Cc1cccc2c1-c1c(C)nc(C)c(C)c1C2.Cc1cccc2c1-c1cnc(C)c(C)c1C2.Cc1cccc2c1Cc1c-2cnc(C)c1C. The first kappa shape index (κ1) is 66.8. The standard InChI is InChI=1S/2C16H17N.4C15H15N/c1-9-5-6-13-8-14-10(2)11(3)17-12(4)16(14)15(13)7-9;1-9-6-5-7-13-8-14-10(2)11(3)17-12(4)16(14)15(9)13;1-9-4-5-13-12(6-9)7-14-10(2)11(3)16-8-15(13)14;1-9-4-5-12-7-13-10(2)11(3)16-8-15(13)14(12)6-9;1-9-5-4-6-12-13(9)7-14-10(2)11(3)16-8-15(12)14;1-9-5-4-6-12-7-13-10(2)11(3)16-8-14(13)15(9)12/h2*5-7H,8H2,1-4H3;4*4-6,8H,7H2,1-3H3. The molecule has 98 heavy (non-hydrogen) atoms. The first-order chi connectivity index (χ1) is 46.9. The Kier molecular flexibility index (Phi) is 18.1. The second-order valence-corrected chi connectivity index (χ2v) is 28.8. The number of aromatic nitrogens is 6. The Morgan fingerprint density at radius 3 is 1.17 bits per heavy atom. The van der Waals surface area contributed by atoms with Crippen molar-refractivity contribution in [3.05, 3.63) is 313 Å². The highest BCUT2D eigenvalue weighted by molar-refractivity contribution is 5.85. The van der Waals surface area contributed by atoms with Gasteiger partial charge >= 0.3 is 0 Å². The molecule has 18 rings (SSSR count). The second-order valence-electron chi connectivity index (χ2n) is 28.8. The van der Waals surface area contributed by atoms with Gasteiger partial charge in [-0.15, -0.1) is 0 Å². The molecule has 0 fully saturated rings. The Hall–Kier alpha value is -9.78. The smallest absolute Gasteiger partial charge is 0.0457 e. The highest BCUT2D eigenvalue weighted by Crippen LogP contribution is 2.46. The summed E-state index contributed by atoms with van der Waals surface area (Å²) in [6, 6.07) is 39.9. The number of hydrogen-bond acceptors (Lipinski definition) is 6. The van der Waals surface area contributed by atoms with Crippen molar-refractivity contribution in [3.8, 4) is 66.8 Å². The Labute approximate surface area is 583 Å². The molecule has 0 aliphatic heterocycles. The maximum absolute atomic E-state index is 4.68. The van der Waals surface area contributed by atoms with Gasteiger partial charge in [0.1, 0.15) is 0 Å². The lowest BCUT2D eigenvalue weighted by Crippen LogP contribution is -1.98. The predicted octanol–water partition coefficient (Wildman–Crippen LogP) is 22.1. The first-order valence-corrected chi connectivity index (χ1v) is 35.2. The maximum atomic E-state index is 4.68. The summed E-state index contributed by atoms with van der Waals surface area (Å²) in [4.78, 5) is 27.3. The molecule has 0 unspecified atom stereocenters. The highest BCUT2D eigenvalue weighted by Gasteiger charge is 2.29. The molecule has 0 saturated heterocycles. The molecule has 0 radical (unpaired) electrons. The minimum atomic E-state index is 1.07. The molecule has 6 nitrogen and oxygen atoms in total. The van der Waals surface area contributed by atoms with Crippen LogP contribution in [0.25, 0.3) is 66.8 Å². The lowest BCUT2D eigenvalue weighted by molar-refractivity contribution is 1.06. The highest BCUT2D eigenvalue weighted by atomic mass is 14.7. The van der Waals surface area contributed by atoms with Gasteiger partial charge in [0.2, 0.25) is 0 Å². The molecule has 0 spiro atoms. The van der Waals surface area contributed by atoms with Crippen LogP contribution in [0.5, 0.6) is 0 Å². The lowest BCUT2D eigenvalue weighted by Gasteiger charge is -2.11. The van der Waals surface area contributed by atoms with Crippen molar-refractivity contribution in [1.29, 1.82) is 0 Å². The molecule has 6 aromatic carbocycles. The van der Waals surface area contributed by atoms with Gasteiger partial charge < -0.3 is 0 Å². The summed E-state index contributed by atoms with van der Waals surface area (Å²) in [7, 11) is 0. The quantitative estimate of drug-likeness (QED) is 0.151. The summed E-state index contributed by atoms with van der Waals surface area (Å²) in [5, 5.41) is 0. The minimum absolute atomic E-state index is 1.07. The summed E-state index contributed by atoms with van der Waals surface area (Å²) < 4.78 is 0. The zero-order valence-electron chi connectivity index (χ0n) is 61.6. The molecule has 6 aliphatic rings. The fourth-order valence-corrected chi connectivity index (χ4v) is 16.1. The summed E-state index contributed by atoms with van der Waals surface area (Å²) >= 11 is 0. The average Bonchev–Trinajstić information content (AvgIpc) is 1.68. The van der Waals surface area contributed by atoms with Gasteiger partial charge in [-0.1, -0.05) is 126 Å². The van der Waals surface area contributed by atoms with Crippen molar-refractivity contribution in [1.82, 2.24) is 29.9 Å². The van der Waals surface area contributed by atoms with E-state index in [0.717, 1.165) is 61.3 Å². The summed E-state index contributed by atoms with van der Waals surface area (Å²) in [5.41, 5.74) is 59.6. The van der Waals surface area contributed by atoms with Crippen LogP contribution in [0.1, 0.15) is 179 Å². The first-order valence-electron chi connectivity index (χ1n) is 35.2. The van der Waals surface area contributed by atoms with Crippen molar-refractivity contribution >= 4 is 0 Å². The van der Waals surface area contributed by atoms with E-state index in [4.69, 9.17) is 0 Å². The lowest BCUT2D eigenvalue weighted by atomic mass is 9.97. The van der Waals surface area contributed by atoms with E-state index in [9.17, 15) is 0 Å². The van der Waals surface area contributed by atoms with Gasteiger partial charge in [-0.05, 0) is 327 Å². The van der Waals surface area contributed by atoms with Gasteiger partial charge in [0.25, 0.3) is 0 Å².